The molecule has 1 saturated heterocycles. The smallest absolute Gasteiger partial charge is 0.274 e. The van der Waals surface area contributed by atoms with Crippen LogP contribution < -0.4 is 0 Å². The van der Waals surface area contributed by atoms with E-state index in [2.05, 4.69) is 47.7 Å². The number of benzene rings is 1. The molecule has 0 bridgehead atoms. The summed E-state index contributed by atoms with van der Waals surface area (Å²) in [5, 5.41) is 6.33. The predicted octanol–water partition coefficient (Wildman–Crippen LogP) is 3.70. The van der Waals surface area contributed by atoms with E-state index in [-0.39, 0.29) is 17.7 Å². The molecule has 1 aliphatic rings. The first-order valence-electron chi connectivity index (χ1n) is 10.8. The van der Waals surface area contributed by atoms with Crippen molar-refractivity contribution >= 4 is 23.2 Å². The SMILES string of the molecule is CCCN1CCN(C(=O)c2ccn(C)n2)C[C@H](Cc2ccc(-c3cccs3)cc2)C1=O. The predicted molar refractivity (Wildman–Crippen MR) is 123 cm³/mol. The van der Waals surface area contributed by atoms with Gasteiger partial charge in [-0.2, -0.15) is 5.10 Å². The lowest BCUT2D eigenvalue weighted by Gasteiger charge is -2.23. The molecule has 3 heterocycles. The van der Waals surface area contributed by atoms with Gasteiger partial charge in [0.15, 0.2) is 0 Å². The van der Waals surface area contributed by atoms with E-state index in [1.807, 2.05) is 11.0 Å². The molecule has 3 aromatic rings. The van der Waals surface area contributed by atoms with Crippen molar-refractivity contribution in [2.24, 2.45) is 13.0 Å². The molecule has 4 rings (SSSR count). The number of rotatable bonds is 6. The molecule has 2 amide bonds. The van der Waals surface area contributed by atoms with Crippen LogP contribution >= 0.6 is 11.3 Å². The van der Waals surface area contributed by atoms with Gasteiger partial charge in [-0.15, -0.1) is 11.3 Å². The molecule has 1 atom stereocenters. The lowest BCUT2D eigenvalue weighted by molar-refractivity contribution is -0.134. The molecule has 1 fully saturated rings. The third-order valence-electron chi connectivity index (χ3n) is 5.70. The Kier molecular flexibility index (Phi) is 6.51. The third-order valence-corrected chi connectivity index (χ3v) is 6.62. The summed E-state index contributed by atoms with van der Waals surface area (Å²) in [6.07, 6.45) is 3.30. The van der Waals surface area contributed by atoms with Gasteiger partial charge in [-0.05, 0) is 41.5 Å². The Labute approximate surface area is 187 Å². The topological polar surface area (TPSA) is 58.4 Å². The van der Waals surface area contributed by atoms with Crippen molar-refractivity contribution in [3.63, 3.8) is 0 Å². The Bertz CT molecular complexity index is 1030. The molecule has 162 valence electrons. The van der Waals surface area contributed by atoms with Crippen LogP contribution in [-0.4, -0.2) is 57.6 Å². The Balaban J connectivity index is 1.53. The monoisotopic (exact) mass is 436 g/mol. The summed E-state index contributed by atoms with van der Waals surface area (Å²) in [4.78, 5) is 31.2. The van der Waals surface area contributed by atoms with Crippen LogP contribution in [0.2, 0.25) is 0 Å². The van der Waals surface area contributed by atoms with Gasteiger partial charge in [0.1, 0.15) is 5.69 Å². The van der Waals surface area contributed by atoms with Crippen molar-refractivity contribution in [2.75, 3.05) is 26.2 Å². The Morgan fingerprint density at radius 2 is 1.97 bits per heavy atom. The first-order chi connectivity index (χ1) is 15.0. The largest absolute Gasteiger partial charge is 0.341 e. The standard InChI is InChI=1S/C24H28N4O2S/c1-3-11-27-13-14-28(24(30)21-10-12-26(2)25-21)17-20(23(27)29)16-18-6-8-19(9-7-18)22-5-4-15-31-22/h4-10,12,15,20H,3,11,13-14,16-17H2,1-2H3/t20-/m0/s1. The zero-order valence-corrected chi connectivity index (χ0v) is 18.8. The fourth-order valence-corrected chi connectivity index (χ4v) is 4.83. The zero-order chi connectivity index (χ0) is 21.8. The summed E-state index contributed by atoms with van der Waals surface area (Å²) >= 11 is 1.72. The maximum absolute atomic E-state index is 13.3. The van der Waals surface area contributed by atoms with Gasteiger partial charge in [0, 0.05) is 44.3 Å². The second kappa shape index (κ2) is 9.47. The number of hydrogen-bond acceptors (Lipinski definition) is 4. The molecule has 1 aromatic carbocycles. The van der Waals surface area contributed by atoms with E-state index < -0.39 is 0 Å². The number of carbonyl (C=O) groups excluding carboxylic acids is 2. The van der Waals surface area contributed by atoms with Crippen LogP contribution in [0.1, 0.15) is 29.4 Å². The average Bonchev–Trinajstić information content (AvgIpc) is 3.44. The maximum atomic E-state index is 13.3. The lowest BCUT2D eigenvalue weighted by Crippen LogP contribution is -2.38. The molecular formula is C24H28N4O2S. The number of aromatic nitrogens is 2. The number of nitrogens with zero attached hydrogens (tertiary/aromatic N) is 4. The van der Waals surface area contributed by atoms with Crippen LogP contribution in [-0.2, 0) is 18.3 Å². The molecule has 0 radical (unpaired) electrons. The van der Waals surface area contributed by atoms with Crippen LogP contribution in [0.15, 0.2) is 54.0 Å². The van der Waals surface area contributed by atoms with Gasteiger partial charge in [-0.1, -0.05) is 37.3 Å². The average molecular weight is 437 g/mol. The van der Waals surface area contributed by atoms with Crippen LogP contribution in [0.5, 0.6) is 0 Å². The highest BCUT2D eigenvalue weighted by atomic mass is 32.1. The van der Waals surface area contributed by atoms with Gasteiger partial charge in [-0.3, -0.25) is 14.3 Å². The van der Waals surface area contributed by atoms with E-state index in [9.17, 15) is 9.59 Å². The maximum Gasteiger partial charge on any atom is 0.274 e. The van der Waals surface area contributed by atoms with Crippen molar-refractivity contribution in [3.05, 3.63) is 65.3 Å². The minimum Gasteiger partial charge on any atom is -0.341 e. The van der Waals surface area contributed by atoms with Gasteiger partial charge in [-0.25, -0.2) is 0 Å². The summed E-state index contributed by atoms with van der Waals surface area (Å²) in [5.74, 6) is -0.223. The number of amides is 2. The van der Waals surface area contributed by atoms with E-state index in [0.29, 0.717) is 31.7 Å². The van der Waals surface area contributed by atoms with E-state index in [0.717, 1.165) is 18.5 Å². The third kappa shape index (κ3) is 4.88. The molecule has 1 aliphatic heterocycles. The molecule has 0 saturated carbocycles. The van der Waals surface area contributed by atoms with Gasteiger partial charge >= 0.3 is 0 Å². The molecule has 6 nitrogen and oxygen atoms in total. The Morgan fingerprint density at radius 1 is 1.16 bits per heavy atom. The fourth-order valence-electron chi connectivity index (χ4n) is 4.10. The second-order valence-electron chi connectivity index (χ2n) is 8.03. The van der Waals surface area contributed by atoms with Crippen molar-refractivity contribution < 1.29 is 9.59 Å². The minimum atomic E-state index is -0.255. The highest BCUT2D eigenvalue weighted by Gasteiger charge is 2.32. The van der Waals surface area contributed by atoms with Crippen molar-refractivity contribution in [1.29, 1.82) is 0 Å². The molecule has 0 spiro atoms. The van der Waals surface area contributed by atoms with E-state index in [1.165, 1.54) is 10.4 Å². The van der Waals surface area contributed by atoms with Gasteiger partial charge in [0.2, 0.25) is 5.91 Å². The zero-order valence-electron chi connectivity index (χ0n) is 18.0. The van der Waals surface area contributed by atoms with Crippen molar-refractivity contribution in [3.8, 4) is 10.4 Å². The van der Waals surface area contributed by atoms with Gasteiger partial charge in [0.05, 0.1) is 5.92 Å². The normalized spacial score (nSPS) is 17.1. The molecule has 31 heavy (non-hydrogen) atoms. The second-order valence-corrected chi connectivity index (χ2v) is 8.97. The number of hydrogen-bond donors (Lipinski definition) is 0. The summed E-state index contributed by atoms with van der Waals surface area (Å²) < 4.78 is 1.63. The van der Waals surface area contributed by atoms with Crippen molar-refractivity contribution in [2.45, 2.75) is 19.8 Å². The molecule has 0 unspecified atom stereocenters. The molecule has 0 aliphatic carbocycles. The van der Waals surface area contributed by atoms with Gasteiger partial charge in [0.25, 0.3) is 5.91 Å². The van der Waals surface area contributed by atoms with Gasteiger partial charge < -0.3 is 9.80 Å². The minimum absolute atomic E-state index is 0.107. The number of thiophene rings is 1. The highest BCUT2D eigenvalue weighted by molar-refractivity contribution is 7.13. The van der Waals surface area contributed by atoms with Crippen molar-refractivity contribution in [1.82, 2.24) is 19.6 Å². The van der Waals surface area contributed by atoms with Crippen LogP contribution in [0, 0.1) is 5.92 Å². The molecular weight excluding hydrogens is 408 g/mol. The summed E-state index contributed by atoms with van der Waals surface area (Å²) in [6.45, 7) is 4.32. The Hall–Kier alpha value is -2.93. The van der Waals surface area contributed by atoms with Crippen LogP contribution in [0.3, 0.4) is 0 Å². The summed E-state index contributed by atoms with van der Waals surface area (Å²) in [6, 6.07) is 14.3. The Morgan fingerprint density at radius 3 is 2.61 bits per heavy atom. The van der Waals surface area contributed by atoms with E-state index >= 15 is 0 Å². The van der Waals surface area contributed by atoms with E-state index in [1.54, 1.807) is 40.2 Å². The first kappa shape index (κ1) is 21.3. The lowest BCUT2D eigenvalue weighted by atomic mass is 9.96. The number of aryl methyl sites for hydroxylation is 1. The van der Waals surface area contributed by atoms with E-state index in [4.69, 9.17) is 0 Å². The first-order valence-corrected chi connectivity index (χ1v) is 11.6. The highest BCUT2D eigenvalue weighted by Crippen LogP contribution is 2.26. The molecule has 7 heteroatoms. The fraction of sp³-hybridized carbons (Fsp3) is 0.375. The van der Waals surface area contributed by atoms with Crippen LogP contribution in [0.25, 0.3) is 10.4 Å². The molecule has 2 aromatic heterocycles. The number of carbonyl (C=O) groups is 2. The molecule has 0 N–H and O–H groups in total. The summed E-state index contributed by atoms with van der Waals surface area (Å²) in [5.41, 5.74) is 2.73. The quantitative estimate of drug-likeness (QED) is 0.592. The summed E-state index contributed by atoms with van der Waals surface area (Å²) in [7, 11) is 1.80. The van der Waals surface area contributed by atoms with Crippen LogP contribution in [0.4, 0.5) is 0 Å².